The first-order chi connectivity index (χ1) is 8.71. The van der Waals surface area contributed by atoms with Crippen LogP contribution in [0.4, 0.5) is 11.4 Å². The molecule has 19 heavy (non-hydrogen) atoms. The lowest BCUT2D eigenvalue weighted by Gasteiger charge is -2.07. The number of benzene rings is 1. The van der Waals surface area contributed by atoms with E-state index in [1.807, 2.05) is 4.72 Å². The molecule has 10 heteroatoms. The van der Waals surface area contributed by atoms with Crippen LogP contribution in [0.2, 0.25) is 0 Å². The van der Waals surface area contributed by atoms with Crippen LogP contribution in [-0.4, -0.2) is 35.3 Å². The Morgan fingerprint density at radius 3 is 2.58 bits per heavy atom. The van der Waals surface area contributed by atoms with E-state index in [0.717, 1.165) is 18.2 Å². The summed E-state index contributed by atoms with van der Waals surface area (Å²) in [6, 6.07) is 2.88. The van der Waals surface area contributed by atoms with Gasteiger partial charge in [0.15, 0.2) is 0 Å². The van der Waals surface area contributed by atoms with Gasteiger partial charge in [0.05, 0.1) is 23.2 Å². The Kier molecular flexibility index (Phi) is 4.27. The van der Waals surface area contributed by atoms with E-state index in [-0.39, 0.29) is 11.4 Å². The van der Waals surface area contributed by atoms with E-state index in [1.54, 1.807) is 0 Å². The first-order valence-corrected chi connectivity index (χ1v) is 6.56. The Bertz CT molecular complexity index is 611. The summed E-state index contributed by atoms with van der Waals surface area (Å²) in [5, 5.41) is 28.2. The van der Waals surface area contributed by atoms with E-state index in [2.05, 4.69) is 0 Å². The molecular weight excluding hydrogens is 280 g/mol. The van der Waals surface area contributed by atoms with E-state index in [4.69, 9.17) is 10.2 Å². The largest absolute Gasteiger partial charge is 0.508 e. The van der Waals surface area contributed by atoms with Crippen molar-refractivity contribution in [3.05, 3.63) is 28.3 Å². The second-order valence-electron chi connectivity index (χ2n) is 3.52. The Morgan fingerprint density at radius 2 is 2.05 bits per heavy atom. The summed E-state index contributed by atoms with van der Waals surface area (Å²) in [5.41, 5.74) is -0.966. The average molecular weight is 290 g/mol. The maximum atomic E-state index is 11.5. The monoisotopic (exact) mass is 290 g/mol. The number of carboxylic acid groups (broad SMARTS) is 1. The summed E-state index contributed by atoms with van der Waals surface area (Å²) < 4.78 is 24.9. The molecule has 0 bridgehead atoms. The van der Waals surface area contributed by atoms with Crippen LogP contribution in [0.25, 0.3) is 0 Å². The number of phenolic OH excluding ortho intramolecular Hbond substituents is 1. The van der Waals surface area contributed by atoms with Gasteiger partial charge in [-0.2, -0.15) is 0 Å². The lowest BCUT2D eigenvalue weighted by Crippen LogP contribution is -2.19. The molecule has 0 aliphatic carbocycles. The topological polar surface area (TPSA) is 147 Å². The molecule has 104 valence electrons. The third-order valence-corrected chi connectivity index (χ3v) is 3.30. The van der Waals surface area contributed by atoms with E-state index in [1.165, 1.54) is 0 Å². The van der Waals surface area contributed by atoms with E-state index in [0.29, 0.717) is 0 Å². The number of aliphatic carboxylic acids is 1. The van der Waals surface area contributed by atoms with Gasteiger partial charge in [-0.15, -0.1) is 0 Å². The average Bonchev–Trinajstić information content (AvgIpc) is 2.28. The predicted octanol–water partition coefficient (Wildman–Crippen LogP) is 0.517. The smallest absolute Gasteiger partial charge is 0.304 e. The van der Waals surface area contributed by atoms with Crippen LogP contribution in [0.5, 0.6) is 5.75 Å². The van der Waals surface area contributed by atoms with Crippen molar-refractivity contribution in [2.75, 3.05) is 10.5 Å². The number of nitrogens with one attached hydrogen (secondary N) is 1. The fourth-order valence-electron chi connectivity index (χ4n) is 1.20. The summed E-state index contributed by atoms with van der Waals surface area (Å²) in [7, 11) is -4.02. The minimum Gasteiger partial charge on any atom is -0.508 e. The highest BCUT2D eigenvalue weighted by atomic mass is 32.2. The second kappa shape index (κ2) is 5.52. The summed E-state index contributed by atoms with van der Waals surface area (Å²) in [6.07, 6.45) is -0.624. The lowest BCUT2D eigenvalue weighted by atomic mass is 10.2. The molecule has 1 rings (SSSR count). The van der Waals surface area contributed by atoms with Crippen LogP contribution in [0.1, 0.15) is 6.42 Å². The quantitative estimate of drug-likeness (QED) is 0.393. The number of rotatable bonds is 6. The van der Waals surface area contributed by atoms with Gasteiger partial charge >= 0.3 is 5.97 Å². The first-order valence-electron chi connectivity index (χ1n) is 4.91. The number of phenols is 1. The predicted molar refractivity (Wildman–Crippen MR) is 64.4 cm³/mol. The van der Waals surface area contributed by atoms with E-state index < -0.39 is 38.8 Å². The molecule has 0 aromatic heterocycles. The number of hydrogen-bond acceptors (Lipinski definition) is 6. The number of nitro groups is 1. The zero-order chi connectivity index (χ0) is 14.6. The Morgan fingerprint density at radius 1 is 1.42 bits per heavy atom. The van der Waals surface area contributed by atoms with Crippen molar-refractivity contribution >= 4 is 27.4 Å². The van der Waals surface area contributed by atoms with Crippen LogP contribution in [0.3, 0.4) is 0 Å². The number of carboxylic acids is 1. The molecule has 0 aliphatic rings. The van der Waals surface area contributed by atoms with Crippen molar-refractivity contribution in [3.63, 3.8) is 0 Å². The van der Waals surface area contributed by atoms with Crippen molar-refractivity contribution in [1.82, 2.24) is 0 Å². The van der Waals surface area contributed by atoms with Crippen molar-refractivity contribution in [2.24, 2.45) is 0 Å². The Balaban J connectivity index is 2.99. The van der Waals surface area contributed by atoms with Gasteiger partial charge in [0.2, 0.25) is 10.0 Å². The molecular formula is C9H10N2O7S. The van der Waals surface area contributed by atoms with E-state index in [9.17, 15) is 23.3 Å². The normalized spacial score (nSPS) is 10.9. The van der Waals surface area contributed by atoms with Crippen LogP contribution in [0, 0.1) is 10.1 Å². The lowest BCUT2D eigenvalue weighted by molar-refractivity contribution is -0.384. The first kappa shape index (κ1) is 14.7. The number of sulfonamides is 1. The fraction of sp³-hybridized carbons (Fsp3) is 0.222. The molecule has 0 saturated heterocycles. The summed E-state index contributed by atoms with van der Waals surface area (Å²) in [4.78, 5) is 20.1. The summed E-state index contributed by atoms with van der Waals surface area (Å²) in [5.74, 6) is -2.40. The van der Waals surface area contributed by atoms with E-state index >= 15 is 0 Å². The highest BCUT2D eigenvalue weighted by molar-refractivity contribution is 7.92. The van der Waals surface area contributed by atoms with Crippen molar-refractivity contribution in [1.29, 1.82) is 0 Å². The molecule has 1 aromatic carbocycles. The number of nitro benzene ring substituents is 1. The molecule has 0 heterocycles. The molecule has 0 radical (unpaired) electrons. The highest BCUT2D eigenvalue weighted by Crippen LogP contribution is 2.29. The van der Waals surface area contributed by atoms with Gasteiger partial charge in [0.25, 0.3) is 5.69 Å². The molecule has 0 aliphatic heterocycles. The summed E-state index contributed by atoms with van der Waals surface area (Å²) >= 11 is 0. The zero-order valence-corrected chi connectivity index (χ0v) is 10.3. The third-order valence-electron chi connectivity index (χ3n) is 2.03. The van der Waals surface area contributed by atoms with Gasteiger partial charge < -0.3 is 10.2 Å². The molecule has 0 fully saturated rings. The third kappa shape index (κ3) is 4.43. The second-order valence-corrected chi connectivity index (χ2v) is 5.37. The van der Waals surface area contributed by atoms with Crippen LogP contribution >= 0.6 is 0 Å². The summed E-state index contributed by atoms with van der Waals surface area (Å²) in [6.45, 7) is 0. The molecule has 0 spiro atoms. The fourth-order valence-corrected chi connectivity index (χ4v) is 2.25. The molecule has 1 aromatic rings. The number of carbonyl (C=O) groups is 1. The van der Waals surface area contributed by atoms with Gasteiger partial charge in [0.1, 0.15) is 11.4 Å². The maximum Gasteiger partial charge on any atom is 0.304 e. The molecule has 0 amide bonds. The van der Waals surface area contributed by atoms with Gasteiger partial charge in [-0.25, -0.2) is 8.42 Å². The minimum absolute atomic E-state index is 0.340. The van der Waals surface area contributed by atoms with Crippen molar-refractivity contribution < 1.29 is 28.3 Å². The maximum absolute atomic E-state index is 11.5. The van der Waals surface area contributed by atoms with Gasteiger partial charge in [-0.05, 0) is 12.1 Å². The molecule has 3 N–H and O–H groups in total. The molecule has 0 unspecified atom stereocenters. The molecule has 0 saturated carbocycles. The standard InChI is InChI=1S/C9H10N2O7S/c12-6-1-2-7(8(5-6)11(15)16)10-19(17,18)4-3-9(13)14/h1-2,5,10,12H,3-4H2,(H,13,14). The van der Waals surface area contributed by atoms with Crippen LogP contribution in [-0.2, 0) is 14.8 Å². The Labute approximate surface area is 107 Å². The van der Waals surface area contributed by atoms with Gasteiger partial charge in [0, 0.05) is 0 Å². The van der Waals surface area contributed by atoms with Crippen molar-refractivity contribution in [2.45, 2.75) is 6.42 Å². The van der Waals surface area contributed by atoms with Crippen molar-refractivity contribution in [3.8, 4) is 5.75 Å². The number of anilines is 1. The molecule has 0 atom stereocenters. The van der Waals surface area contributed by atoms with Crippen LogP contribution in [0.15, 0.2) is 18.2 Å². The van der Waals surface area contributed by atoms with Gasteiger partial charge in [-0.1, -0.05) is 0 Å². The molecule has 9 nitrogen and oxygen atoms in total. The number of hydrogen-bond donors (Lipinski definition) is 3. The zero-order valence-electron chi connectivity index (χ0n) is 9.44. The number of aromatic hydroxyl groups is 1. The highest BCUT2D eigenvalue weighted by Gasteiger charge is 2.20. The SMILES string of the molecule is O=C(O)CCS(=O)(=O)Nc1ccc(O)cc1[N+](=O)[O-]. The van der Waals surface area contributed by atoms with Gasteiger partial charge in [-0.3, -0.25) is 19.6 Å². The van der Waals surface area contributed by atoms with Crippen LogP contribution < -0.4 is 4.72 Å². The minimum atomic E-state index is -4.02. The Hall–Kier alpha value is -2.36. The number of nitrogens with zero attached hydrogens (tertiary/aromatic N) is 1.